The molecule has 4 atom stereocenters. The van der Waals surface area contributed by atoms with Crippen molar-refractivity contribution in [2.24, 2.45) is 5.92 Å². The fourth-order valence-corrected chi connectivity index (χ4v) is 4.80. The van der Waals surface area contributed by atoms with Gasteiger partial charge in [0.05, 0.1) is 25.5 Å². The Balaban J connectivity index is 2.31. The van der Waals surface area contributed by atoms with Gasteiger partial charge in [-0.3, -0.25) is 24.0 Å². The predicted molar refractivity (Wildman–Crippen MR) is 177 cm³/mol. The summed E-state index contributed by atoms with van der Waals surface area (Å²) in [6.45, 7) is 4.68. The second kappa shape index (κ2) is 19.5. The van der Waals surface area contributed by atoms with Crippen LogP contribution in [0.4, 0.5) is 4.79 Å². The van der Waals surface area contributed by atoms with Crippen molar-refractivity contribution in [1.82, 2.24) is 21.3 Å². The van der Waals surface area contributed by atoms with Gasteiger partial charge in [0.1, 0.15) is 24.7 Å². The summed E-state index contributed by atoms with van der Waals surface area (Å²) in [7, 11) is -3.64. The van der Waals surface area contributed by atoms with Crippen molar-refractivity contribution in [2.45, 2.75) is 64.4 Å². The minimum Gasteiger partial charge on any atom is -0.481 e. The highest BCUT2D eigenvalue weighted by Crippen LogP contribution is 2.16. The van der Waals surface area contributed by atoms with E-state index in [1.807, 2.05) is 0 Å². The van der Waals surface area contributed by atoms with Gasteiger partial charge in [-0.1, -0.05) is 80.6 Å². The molecule has 0 aliphatic rings. The molecule has 0 unspecified atom stereocenters. The first-order valence-electron chi connectivity index (χ1n) is 15.3. The van der Waals surface area contributed by atoms with Crippen molar-refractivity contribution in [3.05, 3.63) is 83.3 Å². The minimum atomic E-state index is -3.64. The van der Waals surface area contributed by atoms with E-state index in [-0.39, 0.29) is 18.8 Å². The molecule has 0 saturated carbocycles. The number of esters is 1. The summed E-state index contributed by atoms with van der Waals surface area (Å²) in [6.07, 6.45) is -0.312. The highest BCUT2D eigenvalue weighted by atomic mass is 32.2. The van der Waals surface area contributed by atoms with Gasteiger partial charge in [0.25, 0.3) is 0 Å². The van der Waals surface area contributed by atoms with Crippen LogP contribution in [0.25, 0.3) is 0 Å². The molecular weight excluding hydrogens is 660 g/mol. The average Bonchev–Trinajstić information content (AvgIpc) is 3.03. The normalized spacial score (nSPS) is 13.7. The van der Waals surface area contributed by atoms with E-state index in [4.69, 9.17) is 9.47 Å². The number of alkyl carbamates (subject to hydrolysis) is 1. The van der Waals surface area contributed by atoms with Gasteiger partial charge in [-0.2, -0.15) is 0 Å². The molecule has 2 rings (SSSR count). The number of carboxylic acids is 1. The molecule has 0 bridgehead atoms. The van der Waals surface area contributed by atoms with E-state index >= 15 is 0 Å². The smallest absolute Gasteiger partial charge is 0.408 e. The first-order valence-corrected chi connectivity index (χ1v) is 17.2. The van der Waals surface area contributed by atoms with Crippen LogP contribution in [0.5, 0.6) is 0 Å². The number of hydrogen-bond acceptors (Lipinski definition) is 10. The highest BCUT2D eigenvalue weighted by molar-refractivity contribution is 7.93. The monoisotopic (exact) mass is 702 g/mol. The number of benzene rings is 2. The molecule has 0 radical (unpaired) electrons. The summed E-state index contributed by atoms with van der Waals surface area (Å²) in [6, 6.07) is 11.2. The number of sulfone groups is 1. The summed E-state index contributed by atoms with van der Waals surface area (Å²) in [5.74, 6) is -5.27. The van der Waals surface area contributed by atoms with Gasteiger partial charge in [-0.25, -0.2) is 13.2 Å². The van der Waals surface area contributed by atoms with E-state index in [1.54, 1.807) is 69.3 Å². The van der Waals surface area contributed by atoms with E-state index in [0.29, 0.717) is 5.56 Å². The molecule has 0 saturated heterocycles. The van der Waals surface area contributed by atoms with Crippen LogP contribution >= 0.6 is 0 Å². The van der Waals surface area contributed by atoms with Crippen LogP contribution in [-0.2, 0) is 49.9 Å². The van der Waals surface area contributed by atoms with Crippen LogP contribution in [0.15, 0.2) is 72.1 Å². The lowest BCUT2D eigenvalue weighted by molar-refractivity contribution is -0.145. The van der Waals surface area contributed by atoms with Crippen molar-refractivity contribution in [1.29, 1.82) is 0 Å². The fourth-order valence-electron chi connectivity index (χ4n) is 4.33. The Bertz CT molecular complexity index is 1580. The van der Waals surface area contributed by atoms with E-state index in [2.05, 4.69) is 21.3 Å². The van der Waals surface area contributed by atoms with Crippen LogP contribution in [0.1, 0.15) is 50.8 Å². The number of aliphatic carboxylic acids is 1. The van der Waals surface area contributed by atoms with Gasteiger partial charge in [0.15, 0.2) is 9.84 Å². The zero-order chi connectivity index (χ0) is 36.6. The van der Waals surface area contributed by atoms with Crippen LogP contribution in [0, 0.1) is 5.92 Å². The molecule has 0 fully saturated rings. The third-order valence-corrected chi connectivity index (χ3v) is 7.36. The number of carboxylic acid groups (broad SMARTS) is 1. The van der Waals surface area contributed by atoms with Gasteiger partial charge in [-0.05, 0) is 24.0 Å². The van der Waals surface area contributed by atoms with Gasteiger partial charge >= 0.3 is 18.0 Å². The zero-order valence-corrected chi connectivity index (χ0v) is 28.4. The maximum atomic E-state index is 13.8. The number of rotatable bonds is 18. The molecule has 15 nitrogen and oxygen atoms in total. The van der Waals surface area contributed by atoms with Gasteiger partial charge in [0.2, 0.25) is 17.7 Å². The lowest BCUT2D eigenvalue weighted by atomic mass is 10.00. The van der Waals surface area contributed by atoms with Crippen molar-refractivity contribution in [2.75, 3.05) is 12.9 Å². The lowest BCUT2D eigenvalue weighted by Gasteiger charge is -2.27. The Morgan fingerprint density at radius 1 is 0.796 bits per heavy atom. The molecule has 0 aliphatic carbocycles. The van der Waals surface area contributed by atoms with E-state index in [0.717, 1.165) is 17.7 Å². The maximum Gasteiger partial charge on any atom is 0.408 e. The van der Waals surface area contributed by atoms with E-state index in [9.17, 15) is 42.3 Å². The number of carbonyl (C=O) groups excluding carboxylic acids is 5. The summed E-state index contributed by atoms with van der Waals surface area (Å²) < 4.78 is 33.3. The van der Waals surface area contributed by atoms with Crippen LogP contribution in [-0.4, -0.2) is 80.3 Å². The molecule has 0 spiro atoms. The Labute approximate surface area is 284 Å². The molecule has 0 heterocycles. The zero-order valence-electron chi connectivity index (χ0n) is 27.6. The second-order valence-corrected chi connectivity index (χ2v) is 13.2. The minimum absolute atomic E-state index is 0.0106. The number of carbonyl (C=O) groups is 6. The van der Waals surface area contributed by atoms with E-state index < -0.39 is 88.5 Å². The molecule has 16 heteroatoms. The van der Waals surface area contributed by atoms with Gasteiger partial charge in [0, 0.05) is 11.7 Å². The molecule has 4 amide bonds. The van der Waals surface area contributed by atoms with Crippen molar-refractivity contribution >= 4 is 45.6 Å². The summed E-state index contributed by atoms with van der Waals surface area (Å²) in [4.78, 5) is 77.0. The quantitative estimate of drug-likeness (QED) is 0.141. The first-order chi connectivity index (χ1) is 23.1. The second-order valence-electron chi connectivity index (χ2n) is 11.2. The largest absolute Gasteiger partial charge is 0.481 e. The standard InChI is InChI=1S/C33H42N4O11S/c1-5-47-27(40)19-25(35-33(44)48-20-22-12-8-6-9-13-22)30(41)37-29(23-14-10-7-11-15-23)32(43)36-28(21(2)3)31(42)34-24(18-26(38)39)16-17-49(4,45)46/h6-17,21,24-25,28-29H,5,18-20H2,1-4H3,(H,34,42)(H,35,44)(H,36,43)(H,37,41)(H,38,39)/b17-16+/t24-,25+,28-,29+/m1/s1. The number of ether oxygens (including phenoxy) is 2. The Morgan fingerprint density at radius 2 is 1.41 bits per heavy atom. The van der Waals surface area contributed by atoms with Crippen LogP contribution < -0.4 is 21.3 Å². The fraction of sp³-hybridized carbons (Fsp3) is 0.394. The Morgan fingerprint density at radius 3 is 1.96 bits per heavy atom. The Hall–Kier alpha value is -5.25. The summed E-state index contributed by atoms with van der Waals surface area (Å²) >= 11 is 0. The summed E-state index contributed by atoms with van der Waals surface area (Å²) in [5.41, 5.74) is 0.965. The highest BCUT2D eigenvalue weighted by Gasteiger charge is 2.33. The third-order valence-electron chi connectivity index (χ3n) is 6.71. The summed E-state index contributed by atoms with van der Waals surface area (Å²) in [5, 5.41) is 19.9. The first kappa shape index (κ1) is 39.9. The number of nitrogens with one attached hydrogen (secondary N) is 4. The van der Waals surface area contributed by atoms with Gasteiger partial charge < -0.3 is 35.8 Å². The predicted octanol–water partition coefficient (Wildman–Crippen LogP) is 1.75. The number of hydrogen-bond donors (Lipinski definition) is 5. The molecule has 0 aliphatic heterocycles. The van der Waals surface area contributed by atoms with Crippen molar-refractivity contribution in [3.8, 4) is 0 Å². The molecule has 2 aromatic carbocycles. The topological polar surface area (TPSA) is 223 Å². The van der Waals surface area contributed by atoms with Crippen LogP contribution in [0.2, 0.25) is 0 Å². The van der Waals surface area contributed by atoms with E-state index in [1.165, 1.54) is 12.1 Å². The average molecular weight is 703 g/mol. The maximum absolute atomic E-state index is 13.8. The van der Waals surface area contributed by atoms with Gasteiger partial charge in [-0.15, -0.1) is 0 Å². The molecule has 0 aromatic heterocycles. The lowest BCUT2D eigenvalue weighted by Crippen LogP contribution is -2.56. The Kier molecular flexibility index (Phi) is 15.9. The van der Waals surface area contributed by atoms with Crippen LogP contribution in [0.3, 0.4) is 0 Å². The third kappa shape index (κ3) is 15.0. The molecule has 5 N–H and O–H groups in total. The van der Waals surface area contributed by atoms with Crippen molar-refractivity contribution in [3.63, 3.8) is 0 Å². The SMILES string of the molecule is CCOC(=O)C[C@H](NC(=O)OCc1ccccc1)C(=O)N[C@H](C(=O)N[C@@H](C(=O)N[C@H](/C=C/S(C)(=O)=O)CC(=O)O)C(C)C)c1ccccc1. The molecule has 266 valence electrons. The molecule has 49 heavy (non-hydrogen) atoms. The number of amides is 4. The molecular formula is C33H42N4O11S. The molecule has 2 aromatic rings. The van der Waals surface area contributed by atoms with Crippen molar-refractivity contribution < 1.29 is 51.8 Å².